The number of benzene rings is 3. The van der Waals surface area contributed by atoms with Crippen LogP contribution in [0.15, 0.2) is 48.5 Å². The maximum absolute atomic E-state index is 13.5. The van der Waals surface area contributed by atoms with Crippen LogP contribution in [0.5, 0.6) is 11.5 Å². The zero-order chi connectivity index (χ0) is 25.8. The SMILES string of the molecule is CCNC(=O)N1CCc2cc(OC)c(OCCc3ccc(F)c(N)c3)cc2C1c1ccc(C)cc1C. The summed E-state index contributed by atoms with van der Waals surface area (Å²) in [6, 6.07) is 14.7. The van der Waals surface area contributed by atoms with Crippen LogP contribution in [0, 0.1) is 19.7 Å². The van der Waals surface area contributed by atoms with Gasteiger partial charge >= 0.3 is 6.03 Å². The lowest BCUT2D eigenvalue weighted by molar-refractivity contribution is 0.180. The monoisotopic (exact) mass is 491 g/mol. The molecule has 3 aromatic carbocycles. The van der Waals surface area contributed by atoms with E-state index in [1.807, 2.05) is 24.0 Å². The average Bonchev–Trinajstić information content (AvgIpc) is 2.85. The smallest absolute Gasteiger partial charge is 0.318 e. The summed E-state index contributed by atoms with van der Waals surface area (Å²) in [5.74, 6) is 0.835. The molecule has 2 amide bonds. The van der Waals surface area contributed by atoms with E-state index >= 15 is 0 Å². The molecule has 0 radical (unpaired) electrons. The molecule has 0 saturated carbocycles. The lowest BCUT2D eigenvalue weighted by Crippen LogP contribution is -2.46. The first-order valence-corrected chi connectivity index (χ1v) is 12.3. The molecule has 1 unspecified atom stereocenters. The lowest BCUT2D eigenvalue weighted by atomic mass is 9.85. The molecule has 3 aromatic rings. The predicted molar refractivity (Wildman–Crippen MR) is 140 cm³/mol. The first kappa shape index (κ1) is 25.4. The molecule has 0 saturated heterocycles. The van der Waals surface area contributed by atoms with Crippen LogP contribution < -0.4 is 20.5 Å². The van der Waals surface area contributed by atoms with Crippen LogP contribution in [0.25, 0.3) is 0 Å². The molecular formula is C29H34FN3O3. The molecule has 0 fully saturated rings. The van der Waals surface area contributed by atoms with Gasteiger partial charge in [0.05, 0.1) is 25.4 Å². The van der Waals surface area contributed by atoms with E-state index in [2.05, 4.69) is 37.4 Å². The Balaban J connectivity index is 1.69. The van der Waals surface area contributed by atoms with Crippen LogP contribution in [0.4, 0.5) is 14.9 Å². The minimum atomic E-state index is -0.426. The van der Waals surface area contributed by atoms with E-state index in [1.54, 1.807) is 19.2 Å². The largest absolute Gasteiger partial charge is 0.493 e. The van der Waals surface area contributed by atoms with Gasteiger partial charge in [0.15, 0.2) is 11.5 Å². The lowest BCUT2D eigenvalue weighted by Gasteiger charge is -2.38. The van der Waals surface area contributed by atoms with E-state index in [4.69, 9.17) is 15.2 Å². The molecule has 190 valence electrons. The van der Waals surface area contributed by atoms with Crippen molar-refractivity contribution in [2.24, 2.45) is 0 Å². The fourth-order valence-electron chi connectivity index (χ4n) is 4.87. The second-order valence-corrected chi connectivity index (χ2v) is 9.20. The molecule has 0 spiro atoms. The number of nitrogens with two attached hydrogens (primary N) is 1. The van der Waals surface area contributed by atoms with Gasteiger partial charge in [-0.2, -0.15) is 0 Å². The number of amides is 2. The second kappa shape index (κ2) is 10.9. The van der Waals surface area contributed by atoms with E-state index in [-0.39, 0.29) is 17.8 Å². The number of nitrogen functional groups attached to an aromatic ring is 1. The second-order valence-electron chi connectivity index (χ2n) is 9.20. The van der Waals surface area contributed by atoms with Gasteiger partial charge in [0.2, 0.25) is 0 Å². The number of urea groups is 1. The number of rotatable bonds is 7. The Kier molecular flexibility index (Phi) is 7.67. The number of hydrogen-bond acceptors (Lipinski definition) is 4. The summed E-state index contributed by atoms with van der Waals surface area (Å²) in [5.41, 5.74) is 12.3. The number of aryl methyl sites for hydroxylation is 2. The Morgan fingerprint density at radius 2 is 1.92 bits per heavy atom. The third kappa shape index (κ3) is 5.25. The maximum atomic E-state index is 13.5. The highest BCUT2D eigenvalue weighted by molar-refractivity contribution is 5.76. The maximum Gasteiger partial charge on any atom is 0.318 e. The van der Waals surface area contributed by atoms with Gasteiger partial charge < -0.3 is 25.4 Å². The molecule has 4 rings (SSSR count). The van der Waals surface area contributed by atoms with Gasteiger partial charge in [-0.1, -0.05) is 29.8 Å². The molecule has 1 aliphatic rings. The van der Waals surface area contributed by atoms with Gasteiger partial charge in [-0.15, -0.1) is 0 Å². The predicted octanol–water partition coefficient (Wildman–Crippen LogP) is 5.33. The van der Waals surface area contributed by atoms with Crippen molar-refractivity contribution in [2.75, 3.05) is 32.5 Å². The van der Waals surface area contributed by atoms with Gasteiger partial charge in [-0.25, -0.2) is 9.18 Å². The van der Waals surface area contributed by atoms with Crippen molar-refractivity contribution < 1.29 is 18.7 Å². The molecule has 1 heterocycles. The Morgan fingerprint density at radius 3 is 2.61 bits per heavy atom. The summed E-state index contributed by atoms with van der Waals surface area (Å²) in [5, 5.41) is 2.97. The van der Waals surface area contributed by atoms with Crippen molar-refractivity contribution in [3.63, 3.8) is 0 Å². The highest BCUT2D eigenvalue weighted by atomic mass is 19.1. The summed E-state index contributed by atoms with van der Waals surface area (Å²) in [4.78, 5) is 15.0. The van der Waals surface area contributed by atoms with Crippen LogP contribution in [0.3, 0.4) is 0 Å². The Labute approximate surface area is 212 Å². The summed E-state index contributed by atoms with van der Waals surface area (Å²) >= 11 is 0. The van der Waals surface area contributed by atoms with Gasteiger partial charge in [-0.3, -0.25) is 0 Å². The van der Waals surface area contributed by atoms with Crippen LogP contribution in [-0.4, -0.2) is 37.7 Å². The standard InChI is InChI=1S/C29H34FN3O3/c1-5-32-29(34)33-12-10-21-16-26(35-4)27(36-13-11-20-7-9-24(30)25(31)15-20)17-23(21)28(33)22-8-6-18(2)14-19(22)3/h6-9,14-17,28H,5,10-13,31H2,1-4H3,(H,32,34). The molecule has 6 nitrogen and oxygen atoms in total. The summed E-state index contributed by atoms with van der Waals surface area (Å²) in [6.07, 6.45) is 1.29. The number of ether oxygens (including phenoxy) is 2. The first-order chi connectivity index (χ1) is 17.3. The Bertz CT molecular complexity index is 1260. The quantitative estimate of drug-likeness (QED) is 0.438. The van der Waals surface area contributed by atoms with E-state index in [9.17, 15) is 9.18 Å². The number of methoxy groups -OCH3 is 1. The Morgan fingerprint density at radius 1 is 1.11 bits per heavy atom. The van der Waals surface area contributed by atoms with E-state index in [0.717, 1.165) is 34.2 Å². The Hall–Kier alpha value is -3.74. The van der Waals surface area contributed by atoms with Crippen molar-refractivity contribution >= 4 is 11.7 Å². The van der Waals surface area contributed by atoms with Crippen molar-refractivity contribution in [1.82, 2.24) is 10.2 Å². The van der Waals surface area contributed by atoms with Crippen LogP contribution in [0.1, 0.15) is 46.3 Å². The number of nitrogens with one attached hydrogen (secondary N) is 1. The molecule has 7 heteroatoms. The van der Waals surface area contributed by atoms with Gasteiger partial charge in [-0.05, 0) is 79.3 Å². The first-order valence-electron chi connectivity index (χ1n) is 12.3. The summed E-state index contributed by atoms with van der Waals surface area (Å²) in [6.45, 7) is 7.61. The van der Waals surface area contributed by atoms with Gasteiger partial charge in [0, 0.05) is 19.5 Å². The molecule has 0 aromatic heterocycles. The number of hydrogen-bond donors (Lipinski definition) is 2. The third-order valence-electron chi connectivity index (χ3n) is 6.67. The van der Waals surface area contributed by atoms with Crippen LogP contribution in [-0.2, 0) is 12.8 Å². The number of halogens is 1. The molecule has 1 aliphatic heterocycles. The number of carbonyl (C=O) groups excluding carboxylic acids is 1. The fraction of sp³-hybridized carbons (Fsp3) is 0.345. The summed E-state index contributed by atoms with van der Waals surface area (Å²) < 4.78 is 25.3. The van der Waals surface area contributed by atoms with Crippen molar-refractivity contribution in [3.05, 3.63) is 87.7 Å². The molecule has 0 aliphatic carbocycles. The minimum Gasteiger partial charge on any atom is -0.493 e. The highest BCUT2D eigenvalue weighted by Crippen LogP contribution is 2.42. The van der Waals surface area contributed by atoms with Gasteiger partial charge in [0.25, 0.3) is 0 Å². The summed E-state index contributed by atoms with van der Waals surface area (Å²) in [7, 11) is 1.63. The number of anilines is 1. The molecule has 3 N–H and O–H groups in total. The topological polar surface area (TPSA) is 76.8 Å². The highest BCUT2D eigenvalue weighted by Gasteiger charge is 2.34. The zero-order valence-corrected chi connectivity index (χ0v) is 21.4. The molecule has 1 atom stereocenters. The average molecular weight is 492 g/mol. The fourth-order valence-corrected chi connectivity index (χ4v) is 4.87. The normalized spacial score (nSPS) is 14.8. The molecular weight excluding hydrogens is 457 g/mol. The van der Waals surface area contributed by atoms with E-state index in [0.29, 0.717) is 37.6 Å². The minimum absolute atomic E-state index is 0.0830. The van der Waals surface area contributed by atoms with Crippen LogP contribution >= 0.6 is 0 Å². The number of fused-ring (bicyclic) bond motifs is 1. The van der Waals surface area contributed by atoms with Crippen molar-refractivity contribution in [3.8, 4) is 11.5 Å². The van der Waals surface area contributed by atoms with Crippen molar-refractivity contribution in [1.29, 1.82) is 0 Å². The van der Waals surface area contributed by atoms with Crippen molar-refractivity contribution in [2.45, 2.75) is 39.7 Å². The number of carbonyl (C=O) groups is 1. The van der Waals surface area contributed by atoms with E-state index in [1.165, 1.54) is 11.6 Å². The third-order valence-corrected chi connectivity index (χ3v) is 6.67. The zero-order valence-electron chi connectivity index (χ0n) is 21.4. The van der Waals surface area contributed by atoms with E-state index < -0.39 is 5.82 Å². The molecule has 0 bridgehead atoms. The molecule has 36 heavy (non-hydrogen) atoms. The number of nitrogens with zero attached hydrogens (tertiary/aromatic N) is 1. The van der Waals surface area contributed by atoms with Crippen LogP contribution in [0.2, 0.25) is 0 Å². The van der Waals surface area contributed by atoms with Gasteiger partial charge in [0.1, 0.15) is 5.82 Å².